The minimum absolute atomic E-state index is 0.0592. The van der Waals surface area contributed by atoms with Gasteiger partial charge in [0.25, 0.3) is 5.91 Å². The summed E-state index contributed by atoms with van der Waals surface area (Å²) in [6, 6.07) is 11.5. The smallest absolute Gasteiger partial charge is 0.255 e. The maximum Gasteiger partial charge on any atom is 0.255 e. The molecule has 2 aromatic carbocycles. The molecule has 4 heteroatoms. The highest BCUT2D eigenvalue weighted by atomic mass is 16.3. The van der Waals surface area contributed by atoms with Crippen molar-refractivity contribution in [3.63, 3.8) is 0 Å². The zero-order chi connectivity index (χ0) is 14.7. The fourth-order valence-corrected chi connectivity index (χ4v) is 1.92. The van der Waals surface area contributed by atoms with Crippen LogP contribution in [0.25, 0.3) is 0 Å². The number of hydrogen-bond acceptors (Lipinski definition) is 3. The Kier molecular flexibility index (Phi) is 3.94. The third kappa shape index (κ3) is 3.09. The lowest BCUT2D eigenvalue weighted by Gasteiger charge is -2.15. The second-order valence-electron chi connectivity index (χ2n) is 4.81. The number of hydrogen-bond donors (Lipinski definition) is 3. The number of rotatable bonds is 3. The molecule has 0 fully saturated rings. The number of nitrogens with one attached hydrogen (secondary N) is 1. The average molecular weight is 271 g/mol. The lowest BCUT2D eigenvalue weighted by atomic mass is 10.1. The molecule has 0 aliphatic rings. The number of aromatic hydroxyl groups is 2. The summed E-state index contributed by atoms with van der Waals surface area (Å²) in [6.45, 7) is 3.86. The summed E-state index contributed by atoms with van der Waals surface area (Å²) in [4.78, 5) is 12.1. The third-order valence-electron chi connectivity index (χ3n) is 3.15. The number of carbonyl (C=O) groups excluding carboxylic acids is 1. The highest BCUT2D eigenvalue weighted by Gasteiger charge is 2.15. The molecule has 2 rings (SSSR count). The molecule has 4 nitrogen and oxygen atoms in total. The van der Waals surface area contributed by atoms with Gasteiger partial charge in [0.05, 0.1) is 11.6 Å². The number of carbonyl (C=O) groups is 1. The van der Waals surface area contributed by atoms with Gasteiger partial charge in [-0.25, -0.2) is 0 Å². The summed E-state index contributed by atoms with van der Waals surface area (Å²) in [7, 11) is 0. The SMILES string of the molecule is Cc1ccc(C(C)NC(=O)c2cc(O)ccc2O)cc1. The van der Waals surface area contributed by atoms with Crippen molar-refractivity contribution < 1.29 is 15.0 Å². The van der Waals surface area contributed by atoms with Gasteiger partial charge in [-0.15, -0.1) is 0 Å². The summed E-state index contributed by atoms with van der Waals surface area (Å²) in [5.41, 5.74) is 2.19. The fourth-order valence-electron chi connectivity index (χ4n) is 1.92. The van der Waals surface area contributed by atoms with Crippen molar-refractivity contribution >= 4 is 5.91 Å². The van der Waals surface area contributed by atoms with Crippen molar-refractivity contribution in [3.05, 3.63) is 59.2 Å². The first kappa shape index (κ1) is 13.9. The maximum absolute atomic E-state index is 12.1. The monoisotopic (exact) mass is 271 g/mol. The molecule has 0 aliphatic carbocycles. The zero-order valence-electron chi connectivity index (χ0n) is 11.4. The summed E-state index contributed by atoms with van der Waals surface area (Å²) < 4.78 is 0. The van der Waals surface area contributed by atoms with Gasteiger partial charge in [0.2, 0.25) is 0 Å². The van der Waals surface area contributed by atoms with Crippen LogP contribution >= 0.6 is 0 Å². The molecular formula is C16H17NO3. The van der Waals surface area contributed by atoms with E-state index in [0.717, 1.165) is 11.1 Å². The summed E-state index contributed by atoms with van der Waals surface area (Å²) in [5.74, 6) is -0.640. The van der Waals surface area contributed by atoms with Crippen molar-refractivity contribution in [2.45, 2.75) is 19.9 Å². The van der Waals surface area contributed by atoms with Gasteiger partial charge in [0, 0.05) is 0 Å². The van der Waals surface area contributed by atoms with Gasteiger partial charge in [-0.05, 0) is 37.6 Å². The molecule has 1 unspecified atom stereocenters. The van der Waals surface area contributed by atoms with Gasteiger partial charge in [0.1, 0.15) is 11.5 Å². The summed E-state index contributed by atoms with van der Waals surface area (Å²) in [5, 5.41) is 21.8. The number of phenolic OH excluding ortho intramolecular Hbond substituents is 2. The molecule has 0 aliphatic heterocycles. The van der Waals surface area contributed by atoms with E-state index >= 15 is 0 Å². The molecular weight excluding hydrogens is 254 g/mol. The molecule has 1 amide bonds. The Balaban J connectivity index is 2.15. The van der Waals surface area contributed by atoms with Crippen molar-refractivity contribution in [3.8, 4) is 11.5 Å². The van der Waals surface area contributed by atoms with Gasteiger partial charge in [0.15, 0.2) is 0 Å². The minimum Gasteiger partial charge on any atom is -0.508 e. The van der Waals surface area contributed by atoms with Crippen molar-refractivity contribution in [2.24, 2.45) is 0 Å². The first-order chi connectivity index (χ1) is 9.47. The lowest BCUT2D eigenvalue weighted by molar-refractivity contribution is 0.0937. The average Bonchev–Trinajstić information content (AvgIpc) is 2.42. The van der Waals surface area contributed by atoms with Crippen LogP contribution in [0.1, 0.15) is 34.5 Å². The molecule has 20 heavy (non-hydrogen) atoms. The first-order valence-electron chi connectivity index (χ1n) is 6.37. The Morgan fingerprint density at radius 1 is 1.10 bits per heavy atom. The van der Waals surface area contributed by atoms with Crippen LogP contribution in [-0.2, 0) is 0 Å². The van der Waals surface area contributed by atoms with Gasteiger partial charge >= 0.3 is 0 Å². The van der Waals surface area contributed by atoms with E-state index in [1.54, 1.807) is 0 Å². The summed E-state index contributed by atoms with van der Waals surface area (Å²) >= 11 is 0. The molecule has 104 valence electrons. The van der Waals surface area contributed by atoms with Crippen LogP contribution in [-0.4, -0.2) is 16.1 Å². The Labute approximate surface area is 117 Å². The Morgan fingerprint density at radius 3 is 2.40 bits per heavy atom. The number of aryl methyl sites for hydroxylation is 1. The van der Waals surface area contributed by atoms with Crippen molar-refractivity contribution in [1.82, 2.24) is 5.32 Å². The van der Waals surface area contributed by atoms with Crippen LogP contribution < -0.4 is 5.32 Å². The van der Waals surface area contributed by atoms with E-state index in [-0.39, 0.29) is 23.1 Å². The largest absolute Gasteiger partial charge is 0.508 e. The highest BCUT2D eigenvalue weighted by molar-refractivity contribution is 5.97. The van der Waals surface area contributed by atoms with E-state index in [2.05, 4.69) is 5.32 Å². The molecule has 3 N–H and O–H groups in total. The van der Waals surface area contributed by atoms with E-state index < -0.39 is 5.91 Å². The van der Waals surface area contributed by atoms with Crippen molar-refractivity contribution in [2.75, 3.05) is 0 Å². The van der Waals surface area contributed by atoms with Crippen LogP contribution in [0.4, 0.5) is 0 Å². The normalized spacial score (nSPS) is 11.9. The maximum atomic E-state index is 12.1. The van der Waals surface area contributed by atoms with E-state index in [1.807, 2.05) is 38.1 Å². The lowest BCUT2D eigenvalue weighted by Crippen LogP contribution is -2.26. The van der Waals surface area contributed by atoms with Crippen LogP contribution in [0.3, 0.4) is 0 Å². The standard InChI is InChI=1S/C16H17NO3/c1-10-3-5-12(6-4-10)11(2)17-16(20)14-9-13(18)7-8-15(14)19/h3-9,11,18-19H,1-2H3,(H,17,20). The number of amides is 1. The van der Waals surface area contributed by atoms with E-state index in [0.29, 0.717) is 0 Å². The Morgan fingerprint density at radius 2 is 1.75 bits per heavy atom. The van der Waals surface area contributed by atoms with Gasteiger partial charge in [-0.2, -0.15) is 0 Å². The van der Waals surface area contributed by atoms with Gasteiger partial charge < -0.3 is 15.5 Å². The molecule has 1 atom stereocenters. The molecule has 0 saturated carbocycles. The third-order valence-corrected chi connectivity index (χ3v) is 3.15. The van der Waals surface area contributed by atoms with Crippen LogP contribution in [0.2, 0.25) is 0 Å². The van der Waals surface area contributed by atoms with Crippen LogP contribution in [0.15, 0.2) is 42.5 Å². The van der Waals surface area contributed by atoms with E-state index in [1.165, 1.54) is 18.2 Å². The van der Waals surface area contributed by atoms with Crippen LogP contribution in [0, 0.1) is 6.92 Å². The molecule has 0 spiro atoms. The van der Waals surface area contributed by atoms with E-state index in [9.17, 15) is 15.0 Å². The predicted octanol–water partition coefficient (Wildman–Crippen LogP) is 2.90. The number of phenols is 2. The topological polar surface area (TPSA) is 69.6 Å². The molecule has 0 saturated heterocycles. The van der Waals surface area contributed by atoms with Gasteiger partial charge in [-0.1, -0.05) is 29.8 Å². The molecule has 0 aromatic heterocycles. The molecule has 0 radical (unpaired) electrons. The predicted molar refractivity (Wildman–Crippen MR) is 76.8 cm³/mol. The van der Waals surface area contributed by atoms with Crippen molar-refractivity contribution in [1.29, 1.82) is 0 Å². The van der Waals surface area contributed by atoms with Crippen LogP contribution in [0.5, 0.6) is 11.5 Å². The first-order valence-corrected chi connectivity index (χ1v) is 6.37. The second kappa shape index (κ2) is 5.65. The Hall–Kier alpha value is -2.49. The zero-order valence-corrected chi connectivity index (χ0v) is 11.4. The van der Waals surface area contributed by atoms with E-state index in [4.69, 9.17) is 0 Å². The Bertz CT molecular complexity index is 620. The molecule has 0 heterocycles. The minimum atomic E-state index is -0.425. The fraction of sp³-hybridized carbons (Fsp3) is 0.188. The highest BCUT2D eigenvalue weighted by Crippen LogP contribution is 2.23. The molecule has 2 aromatic rings. The van der Waals surface area contributed by atoms with Gasteiger partial charge in [-0.3, -0.25) is 4.79 Å². The number of benzene rings is 2. The molecule has 0 bridgehead atoms. The summed E-state index contributed by atoms with van der Waals surface area (Å²) in [6.07, 6.45) is 0. The second-order valence-corrected chi connectivity index (χ2v) is 4.81. The quantitative estimate of drug-likeness (QED) is 0.752.